The van der Waals surface area contributed by atoms with Crippen molar-refractivity contribution in [2.45, 2.75) is 22.8 Å². The third kappa shape index (κ3) is 4.59. The van der Waals surface area contributed by atoms with E-state index >= 15 is 0 Å². The summed E-state index contributed by atoms with van der Waals surface area (Å²) in [5.41, 5.74) is 0.148. The molecule has 0 spiro atoms. The normalized spacial score (nSPS) is 16.3. The molecule has 0 fully saturated rings. The summed E-state index contributed by atoms with van der Waals surface area (Å²) in [6.45, 7) is 0.382. The van der Waals surface area contributed by atoms with E-state index in [1.165, 1.54) is 26.3 Å². The first kappa shape index (κ1) is 24.4. The maximum Gasteiger partial charge on any atom is 0.435 e. The van der Waals surface area contributed by atoms with Crippen molar-refractivity contribution in [3.63, 3.8) is 0 Å². The SMILES string of the molecule is COc1ccc(NS(=O)(=O)c2ccc(-c3cc(C(F)(F)F)nn3C)s2)c2c1C[C@@H](N(C)C)CO2. The van der Waals surface area contributed by atoms with Crippen LogP contribution in [-0.4, -0.2) is 57.0 Å². The fraction of sp³-hybridized carbons (Fsp3) is 0.381. The summed E-state index contributed by atoms with van der Waals surface area (Å²) in [4.78, 5) is 2.36. The number of hydrogen-bond acceptors (Lipinski definition) is 7. The Hall–Kier alpha value is -2.77. The Morgan fingerprint density at radius 3 is 2.62 bits per heavy atom. The van der Waals surface area contributed by atoms with Crippen LogP contribution in [0.5, 0.6) is 11.5 Å². The second-order valence-corrected chi connectivity index (χ2v) is 11.0. The highest BCUT2D eigenvalue weighted by Gasteiger charge is 2.35. The van der Waals surface area contributed by atoms with Gasteiger partial charge >= 0.3 is 6.18 Å². The van der Waals surface area contributed by atoms with Gasteiger partial charge in [0.15, 0.2) is 5.69 Å². The molecule has 8 nitrogen and oxygen atoms in total. The van der Waals surface area contributed by atoms with Crippen LogP contribution < -0.4 is 14.2 Å². The van der Waals surface area contributed by atoms with Gasteiger partial charge in [-0.25, -0.2) is 8.42 Å². The quantitative estimate of drug-likeness (QED) is 0.536. The third-order valence-corrected chi connectivity index (χ3v) is 8.51. The Labute approximate surface area is 199 Å². The second-order valence-electron chi connectivity index (χ2n) is 8.02. The summed E-state index contributed by atoms with van der Waals surface area (Å²) < 4.78 is 80.1. The molecule has 3 heterocycles. The summed E-state index contributed by atoms with van der Waals surface area (Å²) in [7, 11) is 2.75. The number of aryl methyl sites for hydroxylation is 1. The van der Waals surface area contributed by atoms with Crippen LogP contribution in [-0.2, 0) is 29.7 Å². The molecule has 0 aliphatic carbocycles. The van der Waals surface area contributed by atoms with Crippen molar-refractivity contribution in [3.8, 4) is 22.1 Å². The standard InChI is InChI=1S/C21H23F3N4O4S2/c1-27(2)12-9-13-16(31-4)6-5-14(20(13)32-11-12)26-34(29,30)19-8-7-17(33-19)15-10-18(21(22,23)24)25-28(15)3/h5-8,10,12,26H,9,11H2,1-4H3/t12-/m1/s1. The van der Waals surface area contributed by atoms with Crippen LogP contribution in [0, 0.1) is 0 Å². The molecular formula is C21H23F3N4O4S2. The lowest BCUT2D eigenvalue weighted by molar-refractivity contribution is -0.141. The van der Waals surface area contributed by atoms with Crippen LogP contribution in [0.15, 0.2) is 34.5 Å². The minimum absolute atomic E-state index is 0.0520. The first-order valence-corrected chi connectivity index (χ1v) is 12.4. The molecule has 0 unspecified atom stereocenters. The summed E-state index contributed by atoms with van der Waals surface area (Å²) >= 11 is 0.849. The van der Waals surface area contributed by atoms with Crippen molar-refractivity contribution >= 4 is 27.0 Å². The number of thiophene rings is 1. The Balaban J connectivity index is 1.64. The molecule has 3 aromatic rings. The zero-order valence-electron chi connectivity index (χ0n) is 18.8. The number of nitrogens with zero attached hydrogens (tertiary/aromatic N) is 3. The minimum atomic E-state index is -4.59. The number of nitrogens with one attached hydrogen (secondary N) is 1. The summed E-state index contributed by atoms with van der Waals surface area (Å²) in [5, 5.41) is 3.48. The zero-order valence-corrected chi connectivity index (χ0v) is 20.4. The average molecular weight is 517 g/mol. The minimum Gasteiger partial charge on any atom is -0.496 e. The fourth-order valence-electron chi connectivity index (χ4n) is 3.68. The first-order valence-electron chi connectivity index (χ1n) is 10.1. The number of hydrogen-bond donors (Lipinski definition) is 1. The van der Waals surface area contributed by atoms with E-state index in [2.05, 4.69) is 9.82 Å². The fourth-order valence-corrected chi connectivity index (χ4v) is 6.09. The lowest BCUT2D eigenvalue weighted by Gasteiger charge is -2.32. The number of rotatable bonds is 6. The van der Waals surface area contributed by atoms with Crippen LogP contribution in [0.4, 0.5) is 18.9 Å². The van der Waals surface area contributed by atoms with Gasteiger partial charge in [0.1, 0.15) is 22.3 Å². The molecule has 0 radical (unpaired) electrons. The molecule has 34 heavy (non-hydrogen) atoms. The van der Waals surface area contributed by atoms with Gasteiger partial charge in [-0.05, 0) is 50.8 Å². The summed E-state index contributed by atoms with van der Waals surface area (Å²) in [6.07, 6.45) is -3.98. The molecule has 13 heteroatoms. The number of aromatic nitrogens is 2. The van der Waals surface area contributed by atoms with Gasteiger partial charge in [-0.3, -0.25) is 9.40 Å². The Bertz CT molecular complexity index is 1320. The van der Waals surface area contributed by atoms with Gasteiger partial charge in [0.2, 0.25) is 0 Å². The van der Waals surface area contributed by atoms with Gasteiger partial charge in [-0.1, -0.05) is 0 Å². The molecule has 2 aromatic heterocycles. The summed E-state index contributed by atoms with van der Waals surface area (Å²) in [5.74, 6) is 0.999. The van der Waals surface area contributed by atoms with Crippen LogP contribution in [0.25, 0.3) is 10.6 Å². The number of ether oxygens (including phenoxy) is 2. The molecule has 0 amide bonds. The molecule has 1 aliphatic rings. The number of likely N-dealkylation sites (N-methyl/N-ethyl adjacent to an activating group) is 1. The van der Waals surface area contributed by atoms with Gasteiger partial charge < -0.3 is 14.4 Å². The van der Waals surface area contributed by atoms with Gasteiger partial charge in [-0.15, -0.1) is 11.3 Å². The Morgan fingerprint density at radius 1 is 1.26 bits per heavy atom. The van der Waals surface area contributed by atoms with E-state index < -0.39 is 21.9 Å². The number of halogens is 3. The highest BCUT2D eigenvalue weighted by atomic mass is 32.2. The smallest absolute Gasteiger partial charge is 0.435 e. The number of methoxy groups -OCH3 is 1. The van der Waals surface area contributed by atoms with E-state index in [4.69, 9.17) is 9.47 Å². The van der Waals surface area contributed by atoms with E-state index in [9.17, 15) is 21.6 Å². The molecule has 184 valence electrons. The molecular weight excluding hydrogens is 493 g/mol. The van der Waals surface area contributed by atoms with Crippen LogP contribution in [0.3, 0.4) is 0 Å². The van der Waals surface area contributed by atoms with Crippen molar-refractivity contribution in [2.24, 2.45) is 7.05 Å². The van der Waals surface area contributed by atoms with Crippen molar-refractivity contribution in [1.82, 2.24) is 14.7 Å². The van der Waals surface area contributed by atoms with Crippen molar-refractivity contribution in [3.05, 3.63) is 41.6 Å². The van der Waals surface area contributed by atoms with E-state index in [-0.39, 0.29) is 21.6 Å². The molecule has 0 saturated carbocycles. The van der Waals surface area contributed by atoms with Crippen LogP contribution in [0.2, 0.25) is 0 Å². The van der Waals surface area contributed by atoms with E-state index in [0.717, 1.165) is 27.6 Å². The second kappa shape index (κ2) is 8.78. The van der Waals surface area contributed by atoms with Crippen molar-refractivity contribution in [1.29, 1.82) is 0 Å². The zero-order chi connectivity index (χ0) is 24.8. The number of anilines is 1. The Morgan fingerprint density at radius 2 is 2.00 bits per heavy atom. The molecule has 1 atom stereocenters. The van der Waals surface area contributed by atoms with Crippen molar-refractivity contribution < 1.29 is 31.1 Å². The molecule has 0 bridgehead atoms. The van der Waals surface area contributed by atoms with E-state index in [0.29, 0.717) is 29.4 Å². The van der Waals surface area contributed by atoms with Gasteiger partial charge in [0.25, 0.3) is 10.0 Å². The number of fused-ring (bicyclic) bond motifs is 1. The Kier molecular flexibility index (Phi) is 6.29. The maximum absolute atomic E-state index is 13.1. The number of sulfonamides is 1. The first-order chi connectivity index (χ1) is 15.9. The molecule has 1 aliphatic heterocycles. The lowest BCUT2D eigenvalue weighted by Crippen LogP contribution is -2.38. The topological polar surface area (TPSA) is 85.7 Å². The molecule has 4 rings (SSSR count). The van der Waals surface area contributed by atoms with E-state index in [1.54, 1.807) is 12.1 Å². The average Bonchev–Trinajstić information content (AvgIpc) is 3.40. The van der Waals surface area contributed by atoms with Gasteiger partial charge in [0, 0.05) is 18.7 Å². The summed E-state index contributed by atoms with van der Waals surface area (Å²) in [6, 6.07) is 7.04. The lowest BCUT2D eigenvalue weighted by atomic mass is 10.00. The van der Waals surface area contributed by atoms with Crippen molar-refractivity contribution in [2.75, 3.05) is 32.5 Å². The molecule has 1 aromatic carbocycles. The number of benzene rings is 1. The third-order valence-electron chi connectivity index (χ3n) is 5.54. The highest BCUT2D eigenvalue weighted by molar-refractivity contribution is 7.94. The number of alkyl halides is 3. The molecule has 0 saturated heterocycles. The predicted octanol–water partition coefficient (Wildman–Crippen LogP) is 3.84. The maximum atomic E-state index is 13.1. The van der Waals surface area contributed by atoms with Crippen LogP contribution >= 0.6 is 11.3 Å². The predicted molar refractivity (Wildman–Crippen MR) is 122 cm³/mol. The monoisotopic (exact) mass is 516 g/mol. The van der Waals surface area contributed by atoms with Gasteiger partial charge in [0.05, 0.1) is 23.4 Å². The largest absolute Gasteiger partial charge is 0.496 e. The molecule has 1 N–H and O–H groups in total. The van der Waals surface area contributed by atoms with Gasteiger partial charge in [-0.2, -0.15) is 18.3 Å². The highest BCUT2D eigenvalue weighted by Crippen LogP contribution is 2.41. The van der Waals surface area contributed by atoms with Crippen LogP contribution in [0.1, 0.15) is 11.3 Å². The van der Waals surface area contributed by atoms with E-state index in [1.807, 2.05) is 19.0 Å².